The first-order chi connectivity index (χ1) is 54.0. The molecule has 0 unspecified atom stereocenters. The molecule has 0 aliphatic carbocycles. The van der Waals surface area contributed by atoms with E-state index < -0.39 is 145 Å². The molecule has 4 amide bonds. The molecule has 590 valence electrons. The van der Waals surface area contributed by atoms with Crippen molar-refractivity contribution in [3.8, 4) is 0 Å². The van der Waals surface area contributed by atoms with Crippen molar-refractivity contribution in [1.82, 2.24) is 16.0 Å². The van der Waals surface area contributed by atoms with Gasteiger partial charge in [-0.25, -0.2) is 38.4 Å². The third-order valence-electron chi connectivity index (χ3n) is 16.1. The predicted octanol–water partition coefficient (Wildman–Crippen LogP) is 10.3. The molecule has 0 radical (unpaired) electrons. The average Bonchev–Trinajstić information content (AvgIpc) is 0.842. The van der Waals surface area contributed by atoms with Gasteiger partial charge < -0.3 is 62.7 Å². The summed E-state index contributed by atoms with van der Waals surface area (Å²) in [6.45, 7) is 3.66. The maximum absolute atomic E-state index is 14.5. The molecule has 28 nitrogen and oxygen atoms in total. The largest absolute Gasteiger partial charge is 0.458 e. The summed E-state index contributed by atoms with van der Waals surface area (Å²) in [5.74, 6) is -15.3. The number of benzene rings is 7. The van der Waals surface area contributed by atoms with Gasteiger partial charge in [-0.15, -0.1) is 0 Å². The van der Waals surface area contributed by atoms with Gasteiger partial charge in [0.2, 0.25) is 42.5 Å². The summed E-state index contributed by atoms with van der Waals surface area (Å²) in [6, 6.07) is 55.7. The standard InChI is InChI=1S/C84H89N3O25/c1-84(2,3)112-83(101)86-52-32-12-28-48-65(89)106-68(74(92)85-51-31-11-27-49-66(90)107-70(79(97)102-53-57-33-13-4-14-34-57)72(110-77(95)62-43-23-9-24-44-62)81(99)104-55-59-37-17-6-18-38-59)69(109-76(94)61-41-21-8-22-42-61)75(93)87-64(88)47-29-30-50-67(91)108-71(80(98)103-54-58-35-15-5-16-36-58)73(111-78(96)63-45-25-10-26-46-63)82(100)105-56-60-39-19-7-20-40-60/h4-10,13-26,33-46,68-73H,11-12,27-32,47-56H2,1-3H3,(H,85,92)(H,86,101)(H,87,88,93)/t68-,69-,70-,71-,72-,73-/m0/s1. The topological polar surface area (TPSA) is 377 Å². The summed E-state index contributed by atoms with van der Waals surface area (Å²) in [5.41, 5.74) is 1.18. The van der Waals surface area contributed by atoms with Crippen molar-refractivity contribution in [3.63, 3.8) is 0 Å². The Morgan fingerprint density at radius 1 is 0.295 bits per heavy atom. The van der Waals surface area contributed by atoms with E-state index in [0.717, 1.165) is 0 Å². The Morgan fingerprint density at radius 2 is 0.562 bits per heavy atom. The number of ether oxygens (including phenoxy) is 11. The van der Waals surface area contributed by atoms with Gasteiger partial charge >= 0.3 is 65.8 Å². The highest BCUT2D eigenvalue weighted by molar-refractivity contribution is 6.03. The number of nitrogens with one attached hydrogen (secondary N) is 3. The van der Waals surface area contributed by atoms with Crippen molar-refractivity contribution in [2.75, 3.05) is 13.1 Å². The van der Waals surface area contributed by atoms with Crippen molar-refractivity contribution < 1.29 is 119 Å². The monoisotopic (exact) mass is 1540 g/mol. The molecule has 0 heterocycles. The first-order valence-electron chi connectivity index (χ1n) is 36.3. The third-order valence-corrected chi connectivity index (χ3v) is 16.1. The lowest BCUT2D eigenvalue weighted by atomic mass is 10.1. The molecule has 7 rings (SSSR count). The zero-order valence-corrected chi connectivity index (χ0v) is 62.1. The summed E-state index contributed by atoms with van der Waals surface area (Å²) in [7, 11) is 0. The summed E-state index contributed by atoms with van der Waals surface area (Å²) in [6.07, 6.45) is -15.3. The number of carbonyl (C=O) groups excluding carboxylic acids is 14. The molecule has 0 saturated carbocycles. The maximum Gasteiger partial charge on any atom is 0.407 e. The minimum Gasteiger partial charge on any atom is -0.458 e. The molecule has 6 atom stereocenters. The lowest BCUT2D eigenvalue weighted by Crippen LogP contribution is -2.54. The van der Waals surface area contributed by atoms with Crippen molar-refractivity contribution in [3.05, 3.63) is 251 Å². The van der Waals surface area contributed by atoms with E-state index >= 15 is 0 Å². The number of carbonyl (C=O) groups is 14. The molecule has 0 fully saturated rings. The molecular weight excluding hydrogens is 1450 g/mol. The summed E-state index contributed by atoms with van der Waals surface area (Å²) in [4.78, 5) is 193. The van der Waals surface area contributed by atoms with Crippen molar-refractivity contribution in [2.24, 2.45) is 0 Å². The minimum absolute atomic E-state index is 0.00523. The molecule has 28 heteroatoms. The van der Waals surface area contributed by atoms with Crippen LogP contribution in [0.1, 0.15) is 151 Å². The van der Waals surface area contributed by atoms with Gasteiger partial charge in [0.05, 0.1) is 16.7 Å². The number of hydrogen-bond acceptors (Lipinski definition) is 25. The Hall–Kier alpha value is -12.9. The smallest absolute Gasteiger partial charge is 0.407 e. The lowest BCUT2D eigenvalue weighted by Gasteiger charge is -2.25. The van der Waals surface area contributed by atoms with Crippen LogP contribution in [0.4, 0.5) is 4.79 Å². The minimum atomic E-state index is -2.37. The van der Waals surface area contributed by atoms with E-state index in [1.807, 2.05) is 0 Å². The van der Waals surface area contributed by atoms with Crippen molar-refractivity contribution >= 4 is 83.5 Å². The molecule has 3 N–H and O–H groups in total. The number of amides is 4. The van der Waals surface area contributed by atoms with Crippen LogP contribution in [-0.4, -0.2) is 139 Å². The maximum atomic E-state index is 14.5. The first-order valence-corrected chi connectivity index (χ1v) is 36.3. The van der Waals surface area contributed by atoms with E-state index in [1.165, 1.54) is 72.8 Å². The highest BCUT2D eigenvalue weighted by atomic mass is 16.7. The Bertz CT molecular complexity index is 4220. The van der Waals surface area contributed by atoms with Gasteiger partial charge in [-0.1, -0.05) is 189 Å². The highest BCUT2D eigenvalue weighted by Gasteiger charge is 2.46. The quantitative estimate of drug-likeness (QED) is 0.0182. The molecule has 0 aliphatic rings. The Balaban J connectivity index is 1.03. The number of unbranched alkanes of at least 4 members (excludes halogenated alkanes) is 5. The predicted molar refractivity (Wildman–Crippen MR) is 397 cm³/mol. The van der Waals surface area contributed by atoms with Gasteiger partial charge in [0.1, 0.15) is 32.0 Å². The van der Waals surface area contributed by atoms with Gasteiger partial charge in [0.15, 0.2) is 0 Å². The number of alkyl carbamates (subject to hydrolysis) is 1. The van der Waals surface area contributed by atoms with Crippen LogP contribution in [0.15, 0.2) is 212 Å². The van der Waals surface area contributed by atoms with Crippen LogP contribution in [0.25, 0.3) is 0 Å². The zero-order chi connectivity index (χ0) is 80.5. The van der Waals surface area contributed by atoms with Crippen LogP contribution in [0, 0.1) is 0 Å². The lowest BCUT2D eigenvalue weighted by molar-refractivity contribution is -0.185. The molecule has 0 bridgehead atoms. The number of hydrogen-bond donors (Lipinski definition) is 3. The molecule has 0 aliphatic heterocycles. The molecule has 7 aromatic carbocycles. The molecule has 0 saturated heterocycles. The van der Waals surface area contributed by atoms with Gasteiger partial charge in [-0.2, -0.15) is 0 Å². The number of esters is 10. The fraction of sp³-hybridized carbons (Fsp3) is 0.333. The van der Waals surface area contributed by atoms with Crippen molar-refractivity contribution in [1.29, 1.82) is 0 Å². The number of rotatable bonds is 43. The second-order valence-corrected chi connectivity index (χ2v) is 26.1. The number of imide groups is 1. The van der Waals surface area contributed by atoms with Gasteiger partial charge in [0, 0.05) is 38.8 Å². The fourth-order valence-corrected chi connectivity index (χ4v) is 10.3. The molecule has 0 aromatic heterocycles. The summed E-state index contributed by atoms with van der Waals surface area (Å²) < 4.78 is 61.0. The van der Waals surface area contributed by atoms with Gasteiger partial charge in [-0.3, -0.25) is 34.1 Å². The van der Waals surface area contributed by atoms with E-state index in [4.69, 9.17) is 52.1 Å². The summed E-state index contributed by atoms with van der Waals surface area (Å²) >= 11 is 0. The molecule has 112 heavy (non-hydrogen) atoms. The normalized spacial score (nSPS) is 12.5. The Morgan fingerprint density at radius 3 is 0.893 bits per heavy atom. The third kappa shape index (κ3) is 31.4. The average molecular weight is 1540 g/mol. The van der Waals surface area contributed by atoms with E-state index in [0.29, 0.717) is 35.1 Å². The van der Waals surface area contributed by atoms with Crippen LogP contribution in [-0.2, 0) is 126 Å². The van der Waals surface area contributed by atoms with E-state index in [1.54, 1.807) is 160 Å². The Labute approximate surface area is 646 Å². The highest BCUT2D eigenvalue weighted by Crippen LogP contribution is 2.22. The second-order valence-electron chi connectivity index (χ2n) is 26.1. The van der Waals surface area contributed by atoms with Crippen molar-refractivity contribution in [2.45, 2.75) is 166 Å². The Kier molecular flexibility index (Phi) is 35.8. The van der Waals surface area contributed by atoms with Gasteiger partial charge in [-0.05, 0) is 118 Å². The van der Waals surface area contributed by atoms with Gasteiger partial charge in [0.25, 0.3) is 11.8 Å². The first kappa shape index (κ1) is 86.4. The van der Waals surface area contributed by atoms with E-state index in [-0.39, 0.29) is 101 Å². The van der Waals surface area contributed by atoms with Crippen LogP contribution < -0.4 is 16.0 Å². The second kappa shape index (κ2) is 46.5. The van der Waals surface area contributed by atoms with Crippen LogP contribution in [0.3, 0.4) is 0 Å². The molecule has 7 aromatic rings. The SMILES string of the molecule is CC(C)(C)OC(=O)NCCCCCC(=O)O[C@H](C(=O)NCCCCCC(=O)O[C@H](C(=O)OCc1ccccc1)[C@H](OC(=O)c1ccccc1)C(=O)OCc1ccccc1)[C@H](OC(=O)c1ccccc1)C(=O)NC(=O)CCCCC(=O)O[C@H](C(=O)OCc1ccccc1)[C@H](OC(=O)c1ccccc1)C(=O)OCc1ccccc1. The van der Waals surface area contributed by atoms with Crippen LogP contribution in [0.5, 0.6) is 0 Å². The summed E-state index contributed by atoms with van der Waals surface area (Å²) in [5, 5.41) is 7.24. The molecule has 0 spiro atoms. The van der Waals surface area contributed by atoms with E-state index in [2.05, 4.69) is 16.0 Å². The fourth-order valence-electron chi connectivity index (χ4n) is 10.3. The zero-order valence-electron chi connectivity index (χ0n) is 62.1. The van der Waals surface area contributed by atoms with E-state index in [9.17, 15) is 67.1 Å². The van der Waals surface area contributed by atoms with Crippen LogP contribution in [0.2, 0.25) is 0 Å². The van der Waals surface area contributed by atoms with Crippen LogP contribution >= 0.6 is 0 Å². The molecular formula is C84H89N3O25.